The number of aryl methyl sites for hydroxylation is 1. The van der Waals surface area contributed by atoms with E-state index in [1.165, 1.54) is 0 Å². The molecule has 0 unspecified atom stereocenters. The van der Waals surface area contributed by atoms with Crippen molar-refractivity contribution >= 4 is 46.8 Å². The SMILES string of the molecule is Cc1ccc(I)cc1NC(=O)CS. The molecule has 0 fully saturated rings. The maximum atomic E-state index is 11.1. The first-order chi connectivity index (χ1) is 6.13. The average Bonchev–Trinajstić information content (AvgIpc) is 2.11. The summed E-state index contributed by atoms with van der Waals surface area (Å²) in [6.45, 7) is 1.96. The molecule has 0 saturated heterocycles. The van der Waals surface area contributed by atoms with Crippen molar-refractivity contribution in [3.63, 3.8) is 0 Å². The van der Waals surface area contributed by atoms with Crippen molar-refractivity contribution in [1.82, 2.24) is 0 Å². The maximum absolute atomic E-state index is 11.1. The molecule has 0 atom stereocenters. The molecule has 0 bridgehead atoms. The Balaban J connectivity index is 2.87. The lowest BCUT2D eigenvalue weighted by Gasteiger charge is -2.07. The number of carbonyl (C=O) groups excluding carboxylic acids is 1. The van der Waals surface area contributed by atoms with Crippen LogP contribution in [-0.2, 0) is 4.79 Å². The smallest absolute Gasteiger partial charge is 0.234 e. The van der Waals surface area contributed by atoms with Crippen LogP contribution in [-0.4, -0.2) is 11.7 Å². The Labute approximate surface area is 96.7 Å². The zero-order valence-corrected chi connectivity index (χ0v) is 10.2. The Morgan fingerprint density at radius 3 is 2.92 bits per heavy atom. The van der Waals surface area contributed by atoms with Crippen molar-refractivity contribution in [3.8, 4) is 0 Å². The van der Waals surface area contributed by atoms with E-state index in [2.05, 4.69) is 40.5 Å². The van der Waals surface area contributed by atoms with E-state index in [1.807, 2.05) is 25.1 Å². The van der Waals surface area contributed by atoms with Gasteiger partial charge in [-0.3, -0.25) is 4.79 Å². The van der Waals surface area contributed by atoms with Crippen LogP contribution < -0.4 is 5.32 Å². The van der Waals surface area contributed by atoms with Crippen LogP contribution in [0, 0.1) is 10.5 Å². The third-order valence-corrected chi connectivity index (χ3v) is 2.58. The van der Waals surface area contributed by atoms with Crippen LogP contribution in [0.5, 0.6) is 0 Å². The predicted molar refractivity (Wildman–Crippen MR) is 66.4 cm³/mol. The van der Waals surface area contributed by atoms with Gasteiger partial charge >= 0.3 is 0 Å². The number of benzene rings is 1. The monoisotopic (exact) mass is 307 g/mol. The second kappa shape index (κ2) is 4.85. The van der Waals surface area contributed by atoms with Gasteiger partial charge in [0.15, 0.2) is 0 Å². The highest BCUT2D eigenvalue weighted by Crippen LogP contribution is 2.17. The largest absolute Gasteiger partial charge is 0.325 e. The second-order valence-electron chi connectivity index (χ2n) is 2.67. The van der Waals surface area contributed by atoms with Gasteiger partial charge in [-0.15, -0.1) is 0 Å². The van der Waals surface area contributed by atoms with Gasteiger partial charge in [0.25, 0.3) is 0 Å². The summed E-state index contributed by atoms with van der Waals surface area (Å²) in [7, 11) is 0. The number of amides is 1. The quantitative estimate of drug-likeness (QED) is 0.638. The molecule has 0 aliphatic carbocycles. The molecule has 0 aliphatic rings. The van der Waals surface area contributed by atoms with Gasteiger partial charge in [0.1, 0.15) is 0 Å². The van der Waals surface area contributed by atoms with Crippen molar-refractivity contribution in [1.29, 1.82) is 0 Å². The molecule has 13 heavy (non-hydrogen) atoms. The van der Waals surface area contributed by atoms with Crippen molar-refractivity contribution < 1.29 is 4.79 Å². The highest BCUT2D eigenvalue weighted by atomic mass is 127. The van der Waals surface area contributed by atoms with Crippen LogP contribution in [0.1, 0.15) is 5.56 Å². The van der Waals surface area contributed by atoms with E-state index in [0.717, 1.165) is 14.8 Å². The summed E-state index contributed by atoms with van der Waals surface area (Å²) in [5.74, 6) is 0.138. The van der Waals surface area contributed by atoms with Crippen LogP contribution >= 0.6 is 35.2 Å². The van der Waals surface area contributed by atoms with Gasteiger partial charge in [-0.25, -0.2) is 0 Å². The van der Waals surface area contributed by atoms with Gasteiger partial charge in [0.05, 0.1) is 5.75 Å². The van der Waals surface area contributed by atoms with Gasteiger partial charge in [0.2, 0.25) is 5.91 Å². The molecule has 1 rings (SSSR count). The molecule has 0 heterocycles. The Bertz CT molecular complexity index is 327. The fraction of sp³-hybridized carbons (Fsp3) is 0.222. The maximum Gasteiger partial charge on any atom is 0.234 e. The van der Waals surface area contributed by atoms with E-state index in [0.29, 0.717) is 0 Å². The van der Waals surface area contributed by atoms with E-state index in [-0.39, 0.29) is 11.7 Å². The normalized spacial score (nSPS) is 9.77. The van der Waals surface area contributed by atoms with Gasteiger partial charge < -0.3 is 5.32 Å². The highest BCUT2D eigenvalue weighted by Gasteiger charge is 2.02. The molecule has 1 aromatic rings. The molecule has 0 radical (unpaired) electrons. The number of hydrogen-bond donors (Lipinski definition) is 2. The first kappa shape index (κ1) is 10.8. The molecular formula is C9H10INOS. The van der Waals surface area contributed by atoms with Crippen LogP contribution in [0.2, 0.25) is 0 Å². The molecule has 2 nitrogen and oxygen atoms in total. The summed E-state index contributed by atoms with van der Waals surface area (Å²) in [6.07, 6.45) is 0. The summed E-state index contributed by atoms with van der Waals surface area (Å²) in [4.78, 5) is 11.1. The first-order valence-electron chi connectivity index (χ1n) is 3.80. The average molecular weight is 307 g/mol. The van der Waals surface area contributed by atoms with Gasteiger partial charge in [-0.1, -0.05) is 6.07 Å². The van der Waals surface area contributed by atoms with Gasteiger partial charge in [-0.2, -0.15) is 12.6 Å². The van der Waals surface area contributed by atoms with Crippen molar-refractivity contribution in [2.45, 2.75) is 6.92 Å². The summed E-state index contributed by atoms with van der Waals surface area (Å²) in [5.41, 5.74) is 1.93. The Morgan fingerprint density at radius 2 is 2.31 bits per heavy atom. The molecule has 4 heteroatoms. The third kappa shape index (κ3) is 3.19. The topological polar surface area (TPSA) is 29.1 Å². The molecule has 0 aromatic heterocycles. The van der Waals surface area contributed by atoms with Crippen LogP contribution in [0.3, 0.4) is 0 Å². The molecular weight excluding hydrogens is 297 g/mol. The molecule has 1 aromatic carbocycles. The number of anilines is 1. The third-order valence-electron chi connectivity index (χ3n) is 1.62. The molecule has 0 saturated carbocycles. The summed E-state index contributed by atoms with van der Waals surface area (Å²) in [5, 5.41) is 2.78. The number of hydrogen-bond acceptors (Lipinski definition) is 2. The van der Waals surface area contributed by atoms with Crippen LogP contribution in [0.25, 0.3) is 0 Å². The predicted octanol–water partition coefficient (Wildman–Crippen LogP) is 2.47. The lowest BCUT2D eigenvalue weighted by molar-refractivity contribution is -0.113. The molecule has 0 aliphatic heterocycles. The second-order valence-corrected chi connectivity index (χ2v) is 4.23. The Kier molecular flexibility index (Phi) is 4.05. The minimum absolute atomic E-state index is 0.0755. The van der Waals surface area contributed by atoms with Gasteiger partial charge in [-0.05, 0) is 47.2 Å². The number of thiol groups is 1. The fourth-order valence-corrected chi connectivity index (χ4v) is 1.49. The number of carbonyl (C=O) groups is 1. The van der Waals surface area contributed by atoms with E-state index < -0.39 is 0 Å². The summed E-state index contributed by atoms with van der Waals surface area (Å²) in [6, 6.07) is 5.93. The minimum atomic E-state index is -0.0755. The van der Waals surface area contributed by atoms with Crippen LogP contribution in [0.4, 0.5) is 5.69 Å². The zero-order chi connectivity index (χ0) is 9.84. The molecule has 1 amide bonds. The van der Waals surface area contributed by atoms with E-state index in [9.17, 15) is 4.79 Å². The first-order valence-corrected chi connectivity index (χ1v) is 5.51. The van der Waals surface area contributed by atoms with Crippen LogP contribution in [0.15, 0.2) is 18.2 Å². The zero-order valence-electron chi connectivity index (χ0n) is 7.17. The Morgan fingerprint density at radius 1 is 1.62 bits per heavy atom. The van der Waals surface area contributed by atoms with Crippen molar-refractivity contribution in [3.05, 3.63) is 27.3 Å². The summed E-state index contributed by atoms with van der Waals surface area (Å²) >= 11 is 6.10. The van der Waals surface area contributed by atoms with Crippen molar-refractivity contribution in [2.24, 2.45) is 0 Å². The molecule has 70 valence electrons. The van der Waals surface area contributed by atoms with E-state index >= 15 is 0 Å². The van der Waals surface area contributed by atoms with Gasteiger partial charge in [0, 0.05) is 9.26 Å². The lowest BCUT2D eigenvalue weighted by Crippen LogP contribution is -2.13. The summed E-state index contributed by atoms with van der Waals surface area (Å²) < 4.78 is 1.11. The number of halogens is 1. The van der Waals surface area contributed by atoms with E-state index in [4.69, 9.17) is 0 Å². The van der Waals surface area contributed by atoms with E-state index in [1.54, 1.807) is 0 Å². The molecule has 1 N–H and O–H groups in total. The standard InChI is InChI=1S/C9H10INOS/c1-6-2-3-7(10)4-8(6)11-9(12)5-13/h2-4,13H,5H2,1H3,(H,11,12). The molecule has 0 spiro atoms. The van der Waals surface area contributed by atoms with Crippen molar-refractivity contribution in [2.75, 3.05) is 11.1 Å². The fourth-order valence-electron chi connectivity index (χ4n) is 0.919. The number of rotatable bonds is 2. The minimum Gasteiger partial charge on any atom is -0.325 e. The Hall–Kier alpha value is -0.230. The lowest BCUT2D eigenvalue weighted by atomic mass is 10.2. The number of nitrogens with one attached hydrogen (secondary N) is 1. The highest BCUT2D eigenvalue weighted by molar-refractivity contribution is 14.1.